The number of rotatable bonds is 1. The molecule has 5 aliphatic carbocycles. The smallest absolute Gasteiger partial charge is 0.0323 e. The number of hydrogen-bond acceptors (Lipinski definition) is 0. The van der Waals surface area contributed by atoms with Gasteiger partial charge < -0.3 is 0 Å². The standard InChI is InChI=1S/C10H20.2C8H16.C7H14.C6H12.C6H14.2C5H12.C4H10.C3H8.2C2H6/c1-8-9(2,3)6-7-10(8,4)5;1-7-5-4-6-8(7,2)3;1-6-4-5-7(2)8(6)3;1-6-4-3-5-7(6)2;1-6-4-2-3-5-6;1-5-6(2,3)4;1-5(2,3)4;1-4-5(2)3;1-4(2)3;1-3-2;2*1-2/h8H,6-7H2,1-5H3;7H,4-6H2,1-3H3;6-8H,4-5H2,1-3H3;6-7H,3-5H2,1-2H3;6H,2-5H2,1H3;5H2,1-4H3;1-4H3;5H,4H2,1-3H3;4H,1-3H3;3H2,1-2H3;2*1-2H3/t;7-;;6-,7?;;;;;;;;/m.1.1......../s1. The maximum atomic E-state index is 2.40. The Bertz CT molecular complexity index is 881. The topological polar surface area (TPSA) is 0 Å². The van der Waals surface area contributed by atoms with Crippen molar-refractivity contribution in [1.82, 2.24) is 0 Å². The van der Waals surface area contributed by atoms with Crippen LogP contribution >= 0.6 is 0 Å². The first kappa shape index (κ1) is 80.1. The van der Waals surface area contributed by atoms with Gasteiger partial charge in [0.2, 0.25) is 0 Å². The van der Waals surface area contributed by atoms with Crippen LogP contribution in [0, 0.1) is 86.3 Å². The van der Waals surface area contributed by atoms with Gasteiger partial charge in [-0.05, 0) is 106 Å². The molecule has 0 aromatic rings. The van der Waals surface area contributed by atoms with Gasteiger partial charge in [-0.3, -0.25) is 0 Å². The maximum absolute atomic E-state index is 2.40. The Morgan fingerprint density at radius 2 is 0.727 bits per heavy atom. The highest BCUT2D eigenvalue weighted by Crippen LogP contribution is 2.53. The molecule has 66 heavy (non-hydrogen) atoms. The van der Waals surface area contributed by atoms with Crippen molar-refractivity contribution in [2.45, 2.75) is 345 Å². The van der Waals surface area contributed by atoms with Gasteiger partial charge in [0, 0.05) is 0 Å². The molecular formula is C66H146. The van der Waals surface area contributed by atoms with E-state index in [0.717, 1.165) is 59.2 Å². The Kier molecular flexibility index (Phi) is 54.5. The van der Waals surface area contributed by atoms with Crippen LogP contribution in [0.5, 0.6) is 0 Å². The van der Waals surface area contributed by atoms with E-state index in [1.54, 1.807) is 0 Å². The average molecular weight is 940 g/mol. The fraction of sp³-hybridized carbons (Fsp3) is 1.00. The van der Waals surface area contributed by atoms with Crippen LogP contribution in [0.4, 0.5) is 0 Å². The van der Waals surface area contributed by atoms with E-state index in [1.807, 2.05) is 27.7 Å². The van der Waals surface area contributed by atoms with Crippen LogP contribution in [-0.2, 0) is 0 Å². The van der Waals surface area contributed by atoms with Crippen molar-refractivity contribution in [3.8, 4) is 0 Å². The van der Waals surface area contributed by atoms with Crippen LogP contribution in [0.1, 0.15) is 345 Å². The summed E-state index contributed by atoms with van der Waals surface area (Å²) in [5.74, 6) is 9.59. The van der Waals surface area contributed by atoms with Crippen molar-refractivity contribution in [1.29, 1.82) is 0 Å². The summed E-state index contributed by atoms with van der Waals surface area (Å²) in [7, 11) is 0. The molecule has 0 aromatic heterocycles. The minimum atomic E-state index is 0.500. The lowest BCUT2D eigenvalue weighted by molar-refractivity contribution is 0.179. The van der Waals surface area contributed by atoms with Gasteiger partial charge in [-0.15, -0.1) is 0 Å². The Hall–Kier alpha value is 0. The summed E-state index contributed by atoms with van der Waals surface area (Å²) < 4.78 is 0. The second kappa shape index (κ2) is 44.9. The second-order valence-corrected chi connectivity index (χ2v) is 27.8. The van der Waals surface area contributed by atoms with Gasteiger partial charge in [0.15, 0.2) is 0 Å². The highest BCUT2D eigenvalue weighted by molar-refractivity contribution is 4.93. The normalized spacial score (nSPS) is 25.3. The Balaban J connectivity index is -0.000000118. The van der Waals surface area contributed by atoms with Crippen LogP contribution in [-0.4, -0.2) is 0 Å². The largest absolute Gasteiger partial charge is 0.0683 e. The van der Waals surface area contributed by atoms with Crippen molar-refractivity contribution in [3.05, 3.63) is 0 Å². The lowest BCUT2D eigenvalue weighted by Crippen LogP contribution is -2.24. The highest BCUT2D eigenvalue weighted by Gasteiger charge is 2.43. The second-order valence-electron chi connectivity index (χ2n) is 27.8. The van der Waals surface area contributed by atoms with E-state index in [-0.39, 0.29) is 0 Å². The third-order valence-corrected chi connectivity index (χ3v) is 15.2. The molecular weight excluding hydrogens is 793 g/mol. The lowest BCUT2D eigenvalue weighted by Gasteiger charge is -2.31. The molecule has 0 amide bonds. The third kappa shape index (κ3) is 56.6. The predicted octanol–water partition coefficient (Wildman–Crippen LogP) is 25.3. The van der Waals surface area contributed by atoms with E-state index in [1.165, 1.54) is 109 Å². The zero-order chi connectivity index (χ0) is 54.3. The molecule has 0 radical (unpaired) electrons. The monoisotopic (exact) mass is 939 g/mol. The van der Waals surface area contributed by atoms with Crippen molar-refractivity contribution in [2.24, 2.45) is 86.3 Å². The quantitative estimate of drug-likeness (QED) is 0.246. The molecule has 0 N–H and O–H groups in total. The van der Waals surface area contributed by atoms with E-state index in [2.05, 4.69) is 208 Å². The first-order valence-corrected chi connectivity index (χ1v) is 29.9. The molecule has 5 atom stereocenters. The van der Waals surface area contributed by atoms with E-state index < -0.39 is 0 Å². The molecule has 5 saturated carbocycles. The predicted molar refractivity (Wildman–Crippen MR) is 318 cm³/mol. The van der Waals surface area contributed by atoms with E-state index in [4.69, 9.17) is 0 Å². The summed E-state index contributed by atoms with van der Waals surface area (Å²) in [4.78, 5) is 0. The van der Waals surface area contributed by atoms with Gasteiger partial charge in [0.1, 0.15) is 0 Å². The van der Waals surface area contributed by atoms with Gasteiger partial charge in [-0.1, -0.05) is 325 Å². The summed E-state index contributed by atoms with van der Waals surface area (Å²) in [5.41, 5.74) is 2.87. The molecule has 410 valence electrons. The molecule has 0 heterocycles. The van der Waals surface area contributed by atoms with Crippen LogP contribution < -0.4 is 0 Å². The lowest BCUT2D eigenvalue weighted by atomic mass is 9.74. The minimum Gasteiger partial charge on any atom is -0.0683 e. The Morgan fingerprint density at radius 3 is 0.803 bits per heavy atom. The zero-order valence-corrected chi connectivity index (χ0v) is 54.3. The first-order chi connectivity index (χ1) is 29.9. The van der Waals surface area contributed by atoms with Crippen molar-refractivity contribution in [3.63, 3.8) is 0 Å². The van der Waals surface area contributed by atoms with Crippen LogP contribution in [0.3, 0.4) is 0 Å². The van der Waals surface area contributed by atoms with Gasteiger partial charge in [0.25, 0.3) is 0 Å². The Labute approximate surface area is 428 Å². The van der Waals surface area contributed by atoms with Gasteiger partial charge >= 0.3 is 0 Å². The molecule has 0 saturated heterocycles. The van der Waals surface area contributed by atoms with Gasteiger partial charge in [0.05, 0.1) is 0 Å². The van der Waals surface area contributed by atoms with E-state index in [0.29, 0.717) is 27.1 Å². The van der Waals surface area contributed by atoms with Crippen molar-refractivity contribution >= 4 is 0 Å². The molecule has 0 spiro atoms. The number of hydrogen-bond donors (Lipinski definition) is 0. The molecule has 0 aliphatic heterocycles. The average Bonchev–Trinajstić information content (AvgIpc) is 4.02. The van der Waals surface area contributed by atoms with Gasteiger partial charge in [-0.2, -0.15) is 0 Å². The van der Waals surface area contributed by atoms with Crippen LogP contribution in [0.25, 0.3) is 0 Å². The molecule has 5 rings (SSSR count). The molecule has 0 heteroatoms. The highest BCUT2D eigenvalue weighted by atomic mass is 14.5. The molecule has 0 aromatic carbocycles. The molecule has 0 bridgehead atoms. The summed E-state index contributed by atoms with van der Waals surface area (Å²) in [6.07, 6.45) is 24.3. The fourth-order valence-corrected chi connectivity index (χ4v) is 7.71. The fourth-order valence-electron chi connectivity index (χ4n) is 7.71. The molecule has 3 unspecified atom stereocenters. The van der Waals surface area contributed by atoms with Crippen molar-refractivity contribution in [2.75, 3.05) is 0 Å². The summed E-state index contributed by atoms with van der Waals surface area (Å²) in [5, 5.41) is 0. The van der Waals surface area contributed by atoms with E-state index in [9.17, 15) is 0 Å². The summed E-state index contributed by atoms with van der Waals surface area (Å²) in [6, 6.07) is 0. The minimum absolute atomic E-state index is 0.500. The van der Waals surface area contributed by atoms with Crippen LogP contribution in [0.2, 0.25) is 0 Å². The summed E-state index contributed by atoms with van der Waals surface area (Å²) >= 11 is 0. The molecule has 5 fully saturated rings. The summed E-state index contributed by atoms with van der Waals surface area (Å²) in [6.45, 7) is 76.4. The maximum Gasteiger partial charge on any atom is -0.0323 e. The third-order valence-electron chi connectivity index (χ3n) is 15.2. The van der Waals surface area contributed by atoms with E-state index >= 15 is 0 Å². The first-order valence-electron chi connectivity index (χ1n) is 29.9. The van der Waals surface area contributed by atoms with Gasteiger partial charge in [-0.25, -0.2) is 0 Å². The molecule has 0 nitrogen and oxygen atoms in total. The molecule has 5 aliphatic rings. The Morgan fingerprint density at radius 1 is 0.439 bits per heavy atom. The van der Waals surface area contributed by atoms with Crippen molar-refractivity contribution < 1.29 is 0 Å². The SMILES string of the molecule is CC.CC.CC(C)(C)C.CC(C)C.CC1C(C)(C)CCC1(C)C.CC1CCC(C)C1C.CC1CCCC1.CC1CCC[C@H]1C.CCC.CCC(C)(C)C.CCC(C)C.C[C@@H]1CCCC1(C)C. The zero-order valence-electron chi connectivity index (χ0n) is 54.3. The van der Waals surface area contributed by atoms with Crippen LogP contribution in [0.15, 0.2) is 0 Å².